The molecule has 1 unspecified atom stereocenters. The van der Waals surface area contributed by atoms with Gasteiger partial charge in [0.15, 0.2) is 0 Å². The Morgan fingerprint density at radius 1 is 1.00 bits per heavy atom. The summed E-state index contributed by atoms with van der Waals surface area (Å²) in [5, 5.41) is 2.09. The molecule has 4 nitrogen and oxygen atoms in total. The number of rotatable bonds is 4. The fourth-order valence-electron chi connectivity index (χ4n) is 4.30. The molecule has 2 aromatic carbocycles. The number of hydrogen-bond acceptors (Lipinski definition) is 2. The van der Waals surface area contributed by atoms with Crippen molar-refractivity contribution in [1.29, 1.82) is 0 Å². The van der Waals surface area contributed by atoms with Crippen LogP contribution in [0.25, 0.3) is 10.8 Å². The van der Waals surface area contributed by atoms with Crippen LogP contribution in [-0.2, 0) is 4.79 Å². The van der Waals surface area contributed by atoms with Crippen LogP contribution in [0.4, 0.5) is 0 Å². The molecule has 1 atom stereocenters. The van der Waals surface area contributed by atoms with Gasteiger partial charge in [0.1, 0.15) is 0 Å². The predicted octanol–water partition coefficient (Wildman–Crippen LogP) is 3.95. The normalized spacial score (nSPS) is 19.1. The molecule has 0 spiro atoms. The Bertz CT molecular complexity index is 845. The van der Waals surface area contributed by atoms with Gasteiger partial charge >= 0.3 is 0 Å². The van der Waals surface area contributed by atoms with Crippen molar-refractivity contribution >= 4 is 22.6 Å². The van der Waals surface area contributed by atoms with Gasteiger partial charge in [0.25, 0.3) is 5.91 Å². The molecular weight excluding hydrogens is 336 g/mol. The molecule has 2 aliphatic rings. The van der Waals surface area contributed by atoms with Gasteiger partial charge in [-0.05, 0) is 55.4 Å². The number of hydrogen-bond donors (Lipinski definition) is 0. The third kappa shape index (κ3) is 3.58. The van der Waals surface area contributed by atoms with E-state index in [2.05, 4.69) is 6.92 Å². The van der Waals surface area contributed by atoms with Crippen LogP contribution in [0.2, 0.25) is 0 Å². The zero-order valence-corrected chi connectivity index (χ0v) is 16.2. The lowest BCUT2D eigenvalue weighted by atomic mass is 9.93. The van der Waals surface area contributed by atoms with E-state index in [1.54, 1.807) is 0 Å². The lowest BCUT2D eigenvalue weighted by Gasteiger charge is -2.35. The molecule has 2 amide bonds. The first-order valence-electron chi connectivity index (χ1n) is 10.1. The maximum Gasteiger partial charge on any atom is 0.254 e. The average Bonchev–Trinajstić information content (AvgIpc) is 3.56. The smallest absolute Gasteiger partial charge is 0.254 e. The van der Waals surface area contributed by atoms with E-state index in [1.807, 2.05) is 59.3 Å². The maximum atomic E-state index is 13.1. The molecule has 4 heteroatoms. The fraction of sp³-hybridized carbons (Fsp3) is 0.478. The standard InChI is InChI=1S/C23H28N2O2/c1-16(17-10-11-17)24(2)22(26)19-12-14-25(15-13-19)23(27)21-9-5-7-18-6-3-4-8-20(18)21/h3-9,16-17,19H,10-15H2,1-2H3. The molecule has 4 rings (SSSR count). The van der Waals surface area contributed by atoms with Crippen LogP contribution >= 0.6 is 0 Å². The molecule has 1 saturated heterocycles. The summed E-state index contributed by atoms with van der Waals surface area (Å²) < 4.78 is 0. The topological polar surface area (TPSA) is 40.6 Å². The van der Waals surface area contributed by atoms with Crippen LogP contribution in [0.5, 0.6) is 0 Å². The molecule has 2 aromatic rings. The van der Waals surface area contributed by atoms with E-state index in [-0.39, 0.29) is 17.7 Å². The summed E-state index contributed by atoms with van der Waals surface area (Å²) in [6.45, 7) is 3.48. The van der Waals surface area contributed by atoms with Crippen molar-refractivity contribution in [3.05, 3.63) is 48.0 Å². The first-order chi connectivity index (χ1) is 13.1. The monoisotopic (exact) mass is 364 g/mol. The average molecular weight is 364 g/mol. The molecule has 142 valence electrons. The number of piperidine rings is 1. The minimum Gasteiger partial charge on any atom is -0.343 e. The van der Waals surface area contributed by atoms with Gasteiger partial charge in [-0.3, -0.25) is 9.59 Å². The van der Waals surface area contributed by atoms with E-state index in [9.17, 15) is 9.59 Å². The Morgan fingerprint density at radius 3 is 2.37 bits per heavy atom. The number of amides is 2. The Kier molecular flexibility index (Phi) is 4.90. The first-order valence-corrected chi connectivity index (χ1v) is 10.1. The lowest BCUT2D eigenvalue weighted by molar-refractivity contribution is -0.137. The van der Waals surface area contributed by atoms with Crippen LogP contribution < -0.4 is 0 Å². The molecule has 0 N–H and O–H groups in total. The van der Waals surface area contributed by atoms with Gasteiger partial charge in [0.2, 0.25) is 5.91 Å². The maximum absolute atomic E-state index is 13.1. The molecule has 27 heavy (non-hydrogen) atoms. The second kappa shape index (κ2) is 7.34. The van der Waals surface area contributed by atoms with Gasteiger partial charge in [0, 0.05) is 37.7 Å². The number of carbonyl (C=O) groups excluding carboxylic acids is 2. The first kappa shape index (κ1) is 18.0. The summed E-state index contributed by atoms with van der Waals surface area (Å²) in [5.41, 5.74) is 0.761. The van der Waals surface area contributed by atoms with Crippen LogP contribution in [0.1, 0.15) is 43.0 Å². The van der Waals surface area contributed by atoms with Crippen molar-refractivity contribution < 1.29 is 9.59 Å². The van der Waals surface area contributed by atoms with Gasteiger partial charge in [-0.1, -0.05) is 36.4 Å². The summed E-state index contributed by atoms with van der Waals surface area (Å²) in [6.07, 6.45) is 4.02. The Labute approximate surface area is 161 Å². The van der Waals surface area contributed by atoms with Gasteiger partial charge in [-0.15, -0.1) is 0 Å². The van der Waals surface area contributed by atoms with Crippen molar-refractivity contribution in [2.75, 3.05) is 20.1 Å². The lowest BCUT2D eigenvalue weighted by Crippen LogP contribution is -2.46. The van der Waals surface area contributed by atoms with Crippen molar-refractivity contribution in [1.82, 2.24) is 9.80 Å². The van der Waals surface area contributed by atoms with E-state index < -0.39 is 0 Å². The molecule has 0 bridgehead atoms. The summed E-state index contributed by atoms with van der Waals surface area (Å²) in [6, 6.07) is 14.2. The highest BCUT2D eigenvalue weighted by atomic mass is 16.2. The second-order valence-electron chi connectivity index (χ2n) is 8.12. The minimum atomic E-state index is 0.0489. The number of fused-ring (bicyclic) bond motifs is 1. The Balaban J connectivity index is 1.41. The quantitative estimate of drug-likeness (QED) is 0.824. The summed E-state index contributed by atoms with van der Waals surface area (Å²) >= 11 is 0. The third-order valence-corrected chi connectivity index (χ3v) is 6.41. The van der Waals surface area contributed by atoms with Crippen molar-refractivity contribution in [2.24, 2.45) is 11.8 Å². The van der Waals surface area contributed by atoms with E-state index in [1.165, 1.54) is 12.8 Å². The molecular formula is C23H28N2O2. The van der Waals surface area contributed by atoms with Crippen molar-refractivity contribution in [3.63, 3.8) is 0 Å². The van der Waals surface area contributed by atoms with Crippen LogP contribution in [0, 0.1) is 11.8 Å². The fourth-order valence-corrected chi connectivity index (χ4v) is 4.30. The van der Waals surface area contributed by atoms with Crippen LogP contribution in [-0.4, -0.2) is 47.8 Å². The van der Waals surface area contributed by atoms with E-state index in [4.69, 9.17) is 0 Å². The van der Waals surface area contributed by atoms with Gasteiger partial charge in [-0.25, -0.2) is 0 Å². The van der Waals surface area contributed by atoms with E-state index in [0.29, 0.717) is 25.0 Å². The van der Waals surface area contributed by atoms with Gasteiger partial charge < -0.3 is 9.80 Å². The number of carbonyl (C=O) groups is 2. The molecule has 0 aromatic heterocycles. The Hall–Kier alpha value is -2.36. The molecule has 0 radical (unpaired) electrons. The summed E-state index contributed by atoms with van der Waals surface area (Å²) in [5.74, 6) is 1.07. The summed E-state index contributed by atoms with van der Waals surface area (Å²) in [4.78, 5) is 29.7. The van der Waals surface area contributed by atoms with Gasteiger partial charge in [-0.2, -0.15) is 0 Å². The third-order valence-electron chi connectivity index (χ3n) is 6.41. The van der Waals surface area contributed by atoms with E-state index >= 15 is 0 Å². The number of nitrogens with zero attached hydrogens (tertiary/aromatic N) is 2. The summed E-state index contributed by atoms with van der Waals surface area (Å²) in [7, 11) is 1.94. The van der Waals surface area contributed by atoms with E-state index in [0.717, 1.165) is 29.2 Å². The molecule has 1 aliphatic heterocycles. The second-order valence-corrected chi connectivity index (χ2v) is 8.12. The molecule has 1 heterocycles. The highest BCUT2D eigenvalue weighted by Gasteiger charge is 2.36. The molecule has 1 aliphatic carbocycles. The zero-order chi connectivity index (χ0) is 19.0. The molecule has 1 saturated carbocycles. The zero-order valence-electron chi connectivity index (χ0n) is 16.2. The van der Waals surface area contributed by atoms with Crippen LogP contribution in [0.3, 0.4) is 0 Å². The molecule has 2 fully saturated rings. The van der Waals surface area contributed by atoms with Gasteiger partial charge in [0.05, 0.1) is 0 Å². The van der Waals surface area contributed by atoms with Crippen LogP contribution in [0.15, 0.2) is 42.5 Å². The predicted molar refractivity (Wildman–Crippen MR) is 108 cm³/mol. The highest BCUT2D eigenvalue weighted by molar-refractivity contribution is 6.07. The van der Waals surface area contributed by atoms with Crippen molar-refractivity contribution in [3.8, 4) is 0 Å². The number of benzene rings is 2. The minimum absolute atomic E-state index is 0.0489. The largest absolute Gasteiger partial charge is 0.343 e. The highest BCUT2D eigenvalue weighted by Crippen LogP contribution is 2.35. The number of likely N-dealkylation sites (tertiary alicyclic amines) is 1. The SMILES string of the molecule is CC(C1CC1)N(C)C(=O)C1CCN(C(=O)c2cccc3ccccc23)CC1. The Morgan fingerprint density at radius 2 is 1.67 bits per heavy atom. The van der Waals surface area contributed by atoms with Crippen molar-refractivity contribution in [2.45, 2.75) is 38.6 Å².